The van der Waals surface area contributed by atoms with Crippen molar-refractivity contribution in [1.29, 1.82) is 0 Å². The van der Waals surface area contributed by atoms with Crippen LogP contribution in [0.3, 0.4) is 0 Å². The number of nitrogens with zero attached hydrogens (tertiary/aromatic N) is 2. The first-order valence-electron chi connectivity index (χ1n) is 9.68. The van der Waals surface area contributed by atoms with Gasteiger partial charge in [0.1, 0.15) is 0 Å². The lowest BCUT2D eigenvalue weighted by Crippen LogP contribution is -2.51. The third-order valence-electron chi connectivity index (χ3n) is 5.27. The average Bonchev–Trinajstić information content (AvgIpc) is 3.22. The van der Waals surface area contributed by atoms with Gasteiger partial charge in [0, 0.05) is 12.5 Å². The van der Waals surface area contributed by atoms with Crippen molar-refractivity contribution in [2.24, 2.45) is 0 Å². The molecule has 6 nitrogen and oxygen atoms in total. The third kappa shape index (κ3) is 3.70. The van der Waals surface area contributed by atoms with Gasteiger partial charge in [-0.2, -0.15) is 0 Å². The maximum atomic E-state index is 13.5. The Morgan fingerprint density at radius 1 is 1.10 bits per heavy atom. The largest absolute Gasteiger partial charge is 0.493 e. The Balaban J connectivity index is 1.60. The second-order valence-electron chi connectivity index (χ2n) is 7.68. The highest BCUT2D eigenvalue weighted by atomic mass is 16.5. The molecular formula is C23H25N3O3. The molecule has 4 rings (SSSR count). The number of benzene rings is 2. The molecule has 6 heteroatoms. The number of aromatic amines is 1. The number of imidazole rings is 1. The van der Waals surface area contributed by atoms with Gasteiger partial charge in [-0.1, -0.05) is 42.5 Å². The zero-order valence-corrected chi connectivity index (χ0v) is 16.9. The fraction of sp³-hybridized carbons (Fsp3) is 0.304. The first-order chi connectivity index (χ1) is 14.0. The van der Waals surface area contributed by atoms with Gasteiger partial charge in [0.2, 0.25) is 0 Å². The number of aromatic nitrogens is 2. The molecule has 0 spiro atoms. The fourth-order valence-corrected chi connectivity index (χ4v) is 3.83. The average molecular weight is 391 g/mol. The molecule has 0 radical (unpaired) electrons. The van der Waals surface area contributed by atoms with E-state index in [2.05, 4.69) is 22.1 Å². The number of rotatable bonds is 5. The second kappa shape index (κ2) is 7.62. The maximum Gasteiger partial charge on any atom is 0.266 e. The van der Waals surface area contributed by atoms with Gasteiger partial charge < -0.3 is 19.4 Å². The number of amides is 1. The van der Waals surface area contributed by atoms with Gasteiger partial charge >= 0.3 is 0 Å². The summed E-state index contributed by atoms with van der Waals surface area (Å²) < 4.78 is 11.5. The summed E-state index contributed by atoms with van der Waals surface area (Å²) in [6.07, 6.45) is 1.70. The number of para-hydroxylation sites is 2. The lowest BCUT2D eigenvalue weighted by atomic mass is 9.90. The monoisotopic (exact) mass is 391 g/mol. The molecule has 2 aromatic carbocycles. The van der Waals surface area contributed by atoms with Crippen LogP contribution in [-0.4, -0.2) is 40.0 Å². The molecule has 1 atom stereocenters. The summed E-state index contributed by atoms with van der Waals surface area (Å²) in [5.74, 6) is 1.10. The lowest BCUT2D eigenvalue weighted by molar-refractivity contribution is -0.146. The van der Waals surface area contributed by atoms with Crippen LogP contribution in [0.4, 0.5) is 0 Å². The molecule has 150 valence electrons. The first kappa shape index (κ1) is 19.1. The summed E-state index contributed by atoms with van der Waals surface area (Å²) in [5.41, 5.74) is 2.06. The van der Waals surface area contributed by atoms with Crippen molar-refractivity contribution in [3.8, 4) is 11.5 Å². The minimum Gasteiger partial charge on any atom is -0.493 e. The number of methoxy groups -OCH3 is 1. The molecule has 29 heavy (non-hydrogen) atoms. The number of ether oxygens (including phenoxy) is 2. The molecule has 1 N–H and O–H groups in total. The van der Waals surface area contributed by atoms with E-state index in [0.29, 0.717) is 24.6 Å². The zero-order chi connectivity index (χ0) is 20.4. The van der Waals surface area contributed by atoms with Crippen LogP contribution in [-0.2, 0) is 11.3 Å². The molecular weight excluding hydrogens is 366 g/mol. The number of hydrogen-bond donors (Lipinski definition) is 1. The Morgan fingerprint density at radius 3 is 2.52 bits per heavy atom. The van der Waals surface area contributed by atoms with Crippen LogP contribution in [0.25, 0.3) is 0 Å². The number of nitrogens with one attached hydrogen (secondary N) is 1. The van der Waals surface area contributed by atoms with Gasteiger partial charge in [0.15, 0.2) is 17.1 Å². The van der Waals surface area contributed by atoms with E-state index in [9.17, 15) is 4.79 Å². The van der Waals surface area contributed by atoms with E-state index in [1.165, 1.54) is 0 Å². The minimum absolute atomic E-state index is 0.0252. The third-order valence-corrected chi connectivity index (χ3v) is 5.27. The number of fused-ring (bicyclic) bond motifs is 1. The van der Waals surface area contributed by atoms with Gasteiger partial charge in [-0.15, -0.1) is 0 Å². The van der Waals surface area contributed by atoms with Crippen LogP contribution in [0.5, 0.6) is 11.5 Å². The van der Waals surface area contributed by atoms with E-state index >= 15 is 0 Å². The van der Waals surface area contributed by atoms with Crippen molar-refractivity contribution in [2.75, 3.05) is 13.7 Å². The molecule has 0 fully saturated rings. The van der Waals surface area contributed by atoms with Crippen molar-refractivity contribution >= 4 is 5.91 Å². The fourth-order valence-electron chi connectivity index (χ4n) is 3.83. The Hall–Kier alpha value is -3.28. The van der Waals surface area contributed by atoms with E-state index in [-0.39, 0.29) is 11.8 Å². The predicted octanol–water partition coefficient (Wildman–Crippen LogP) is 3.75. The molecule has 2 heterocycles. The van der Waals surface area contributed by atoms with Crippen LogP contribution in [0, 0.1) is 0 Å². The highest BCUT2D eigenvalue weighted by Crippen LogP contribution is 2.34. The predicted molar refractivity (Wildman–Crippen MR) is 110 cm³/mol. The smallest absolute Gasteiger partial charge is 0.266 e. The topological polar surface area (TPSA) is 67.5 Å². The molecule has 1 aliphatic rings. The molecule has 0 bridgehead atoms. The standard InChI is InChI=1S/C23H25N3O3/c1-23(2,29-20-12-8-7-11-19(20)28-3)22(27)26-13-17(16-9-5-4-6-10-16)21-18(14-26)24-15-25-21/h4-12,15,17H,13-14H2,1-3H3,(H,24,25). The summed E-state index contributed by atoms with van der Waals surface area (Å²) in [6.45, 7) is 4.62. The van der Waals surface area contributed by atoms with Crippen LogP contribution in [0.2, 0.25) is 0 Å². The number of hydrogen-bond acceptors (Lipinski definition) is 4. The summed E-state index contributed by atoms with van der Waals surface area (Å²) in [4.78, 5) is 23.0. The molecule has 3 aromatic rings. The summed E-state index contributed by atoms with van der Waals surface area (Å²) in [6, 6.07) is 17.5. The number of H-pyrrole nitrogens is 1. The van der Waals surface area contributed by atoms with Crippen LogP contribution >= 0.6 is 0 Å². The van der Waals surface area contributed by atoms with Gasteiger partial charge in [-0.25, -0.2) is 4.98 Å². The normalized spacial score (nSPS) is 16.2. The summed E-state index contributed by atoms with van der Waals surface area (Å²) in [7, 11) is 1.59. The van der Waals surface area contributed by atoms with E-state index in [4.69, 9.17) is 9.47 Å². The zero-order valence-electron chi connectivity index (χ0n) is 16.9. The van der Waals surface area contributed by atoms with Crippen molar-refractivity contribution < 1.29 is 14.3 Å². The van der Waals surface area contributed by atoms with E-state index in [1.807, 2.05) is 47.4 Å². The quantitative estimate of drug-likeness (QED) is 0.719. The molecule has 1 aliphatic heterocycles. The molecule has 1 aromatic heterocycles. The van der Waals surface area contributed by atoms with Crippen molar-refractivity contribution in [3.05, 3.63) is 77.9 Å². The highest BCUT2D eigenvalue weighted by Gasteiger charge is 2.39. The van der Waals surface area contributed by atoms with E-state index in [0.717, 1.165) is 17.0 Å². The van der Waals surface area contributed by atoms with Crippen molar-refractivity contribution in [2.45, 2.75) is 31.9 Å². The van der Waals surface area contributed by atoms with Crippen molar-refractivity contribution in [3.63, 3.8) is 0 Å². The van der Waals surface area contributed by atoms with Crippen LogP contribution < -0.4 is 9.47 Å². The molecule has 1 unspecified atom stereocenters. The molecule has 0 aliphatic carbocycles. The van der Waals surface area contributed by atoms with Gasteiger partial charge in [-0.05, 0) is 31.5 Å². The van der Waals surface area contributed by atoms with Gasteiger partial charge in [0.05, 0.1) is 31.4 Å². The Morgan fingerprint density at radius 2 is 1.79 bits per heavy atom. The highest BCUT2D eigenvalue weighted by molar-refractivity contribution is 5.85. The van der Waals surface area contributed by atoms with Crippen molar-refractivity contribution in [1.82, 2.24) is 14.9 Å². The molecule has 0 saturated carbocycles. The van der Waals surface area contributed by atoms with Gasteiger partial charge in [0.25, 0.3) is 5.91 Å². The number of carbonyl (C=O) groups excluding carboxylic acids is 1. The first-order valence-corrected chi connectivity index (χ1v) is 9.68. The lowest BCUT2D eigenvalue weighted by Gasteiger charge is -2.37. The summed E-state index contributed by atoms with van der Waals surface area (Å²) >= 11 is 0. The molecule has 1 amide bonds. The van der Waals surface area contributed by atoms with E-state index < -0.39 is 5.60 Å². The minimum atomic E-state index is -1.05. The maximum absolute atomic E-state index is 13.5. The number of carbonyl (C=O) groups is 1. The Kier molecular flexibility index (Phi) is 5.01. The van der Waals surface area contributed by atoms with Crippen LogP contribution in [0.15, 0.2) is 60.9 Å². The van der Waals surface area contributed by atoms with Crippen LogP contribution in [0.1, 0.15) is 36.7 Å². The Bertz CT molecular complexity index is 997. The van der Waals surface area contributed by atoms with E-state index in [1.54, 1.807) is 27.3 Å². The van der Waals surface area contributed by atoms with Gasteiger partial charge in [-0.3, -0.25) is 4.79 Å². The second-order valence-corrected chi connectivity index (χ2v) is 7.68. The Labute approximate surface area is 170 Å². The SMILES string of the molecule is COc1ccccc1OC(C)(C)C(=O)N1Cc2[nH]cnc2C(c2ccccc2)C1. The summed E-state index contributed by atoms with van der Waals surface area (Å²) in [5, 5.41) is 0. The molecule has 0 saturated heterocycles.